The fourth-order valence-electron chi connectivity index (χ4n) is 15.5. The maximum atomic E-state index is 12.2. The van der Waals surface area contributed by atoms with Crippen LogP contribution in [-0.2, 0) is 33.6 Å². The number of halogens is 4. The van der Waals surface area contributed by atoms with Gasteiger partial charge in [-0.25, -0.2) is 0 Å². The van der Waals surface area contributed by atoms with Crippen LogP contribution in [0.3, 0.4) is 0 Å². The van der Waals surface area contributed by atoms with Crippen molar-refractivity contribution in [1.29, 1.82) is 10.5 Å². The monoisotopic (exact) mass is 1310 g/mol. The van der Waals surface area contributed by atoms with Gasteiger partial charge in [-0.15, -0.1) is 0 Å². The minimum absolute atomic E-state index is 0.175. The van der Waals surface area contributed by atoms with E-state index in [9.17, 15) is 41.2 Å². The molecule has 6 N–H and O–H groups in total. The van der Waals surface area contributed by atoms with Crippen molar-refractivity contribution in [2.75, 3.05) is 19.8 Å². The Kier molecular flexibility index (Phi) is 15.7. The topological polar surface area (TPSA) is 235 Å². The molecule has 0 bridgehead atoms. The van der Waals surface area contributed by atoms with E-state index in [-0.39, 0.29) is 37.6 Å². The van der Waals surface area contributed by atoms with Gasteiger partial charge in [-0.3, -0.25) is 15.0 Å². The first-order chi connectivity index (χ1) is 43.1. The van der Waals surface area contributed by atoms with Gasteiger partial charge in [0.15, 0.2) is 33.6 Å². The molecule has 3 saturated carbocycles. The first-order valence-electron chi connectivity index (χ1n) is 29.1. The first-order valence-corrected chi connectivity index (χ1v) is 31.0. The van der Waals surface area contributed by atoms with Gasteiger partial charge in [0.05, 0.1) is 38.3 Å². The van der Waals surface area contributed by atoms with Gasteiger partial charge in [0.25, 0.3) is 0 Å². The normalized spacial score (nSPS) is 29.3. The van der Waals surface area contributed by atoms with Crippen molar-refractivity contribution < 1.29 is 44.8 Å². The quantitative estimate of drug-likeness (QED) is 0.0789. The molecule has 6 aliphatic rings. The van der Waals surface area contributed by atoms with E-state index < -0.39 is 51.4 Å². The van der Waals surface area contributed by atoms with Gasteiger partial charge in [0, 0.05) is 96.6 Å². The molecule has 0 unspecified atom stereocenters. The smallest absolute Gasteiger partial charge is 0.175 e. The number of nitrogens with zero attached hydrogens (tertiary/aromatic N) is 5. The van der Waals surface area contributed by atoms with Crippen molar-refractivity contribution >= 4 is 50.7 Å². The standard InChI is InChI=1S/2C24H19ClN2O3.C23H19BrClNO3/c2*25-19-11-21-22(27-13-19)23(29)18(14-28)10-20(16-4-2-1-3-5-16)24(23,30-21)17-8-6-15(12-26)7-9-17;24-17-8-6-15(7-9-17)23-19(14-4-2-1-3-5-14)10-16(13-27)22(23,28)21-20(29-23)11-18(25)12-26-21/h2*1-9,11,13,18,20,28-29H,10,14H2;1-9,11-12,16,19,27-28H,10,13H2/t2*18-,20-,23+,24-;16-,19-,22+,23-/m000/s1. The minimum atomic E-state index is -1.56. The van der Waals surface area contributed by atoms with Crippen LogP contribution >= 0.6 is 50.7 Å². The van der Waals surface area contributed by atoms with E-state index >= 15 is 0 Å². The summed E-state index contributed by atoms with van der Waals surface area (Å²) in [6.07, 6.45) is 6.09. The SMILES string of the molecule is N#Cc1ccc([C@@]23Oc4cc(Cl)cnc4[C@]2(O)[C@H](CO)C[C@H]3c2ccccc2)cc1.N#Cc1ccc([C@@]23Oc4cc(Cl)cnc4[C@]2(O)[C@H](CO)C[C@H]3c2ccccc2)cc1.OC[C@@H]1C[C@@H](c2ccccc2)[C@]2(c3ccc(Br)cc3)Oc3cc(Cl)cnc3[C@]12O. The summed E-state index contributed by atoms with van der Waals surface area (Å²) in [5.74, 6) is -0.819. The Bertz CT molecular complexity index is 4030. The van der Waals surface area contributed by atoms with E-state index in [2.05, 4.69) is 43.0 Å². The fraction of sp³-hybridized carbons (Fsp3) is 0.254. The molecule has 3 aromatic heterocycles. The molecule has 3 fully saturated rings. The van der Waals surface area contributed by atoms with Crippen LogP contribution in [0.15, 0.2) is 205 Å². The average Bonchev–Trinajstić information content (AvgIpc) is 1.54. The average molecular weight is 1310 g/mol. The van der Waals surface area contributed by atoms with Crippen LogP contribution in [0.25, 0.3) is 0 Å². The molecule has 15 rings (SSSR count). The second-order valence-electron chi connectivity index (χ2n) is 23.4. The van der Waals surface area contributed by atoms with Crippen LogP contribution in [0.5, 0.6) is 17.2 Å². The lowest BCUT2D eigenvalue weighted by Crippen LogP contribution is -2.51. The van der Waals surface area contributed by atoms with Crippen molar-refractivity contribution in [2.24, 2.45) is 17.8 Å². The van der Waals surface area contributed by atoms with Crippen LogP contribution in [-0.4, -0.2) is 65.4 Å². The number of rotatable bonds is 9. The predicted molar refractivity (Wildman–Crippen MR) is 336 cm³/mol. The van der Waals surface area contributed by atoms with Gasteiger partial charge in [0.1, 0.15) is 34.3 Å². The van der Waals surface area contributed by atoms with E-state index in [0.717, 1.165) is 37.9 Å². The minimum Gasteiger partial charge on any atom is -0.476 e. The highest BCUT2D eigenvalue weighted by atomic mass is 79.9. The summed E-state index contributed by atoms with van der Waals surface area (Å²) in [6, 6.07) is 60.8. The molecule has 6 aromatic carbocycles. The Hall–Kier alpha value is -7.74. The number of hydrogen-bond donors (Lipinski definition) is 6. The number of ether oxygens (including phenoxy) is 3. The van der Waals surface area contributed by atoms with Crippen LogP contribution in [0.2, 0.25) is 15.1 Å². The highest BCUT2D eigenvalue weighted by molar-refractivity contribution is 9.10. The van der Waals surface area contributed by atoms with E-state index in [1.54, 1.807) is 42.5 Å². The number of hydrogen-bond acceptors (Lipinski definition) is 14. The van der Waals surface area contributed by atoms with Crippen LogP contribution in [0, 0.1) is 40.4 Å². The first kappa shape index (κ1) is 60.2. The van der Waals surface area contributed by atoms with E-state index in [4.69, 9.17) is 49.0 Å². The number of aliphatic hydroxyl groups excluding tert-OH is 3. The van der Waals surface area contributed by atoms with Crippen molar-refractivity contribution in [2.45, 2.75) is 70.6 Å². The summed E-state index contributed by atoms with van der Waals surface area (Å²) >= 11 is 22.0. The Morgan fingerprint density at radius 2 is 0.697 bits per heavy atom. The molecular weight excluding hydrogens is 1250 g/mol. The zero-order chi connectivity index (χ0) is 62.1. The molecule has 0 saturated heterocycles. The lowest BCUT2D eigenvalue weighted by molar-refractivity contribution is -0.136. The lowest BCUT2D eigenvalue weighted by atomic mass is 9.71. The second kappa shape index (κ2) is 23.3. The Morgan fingerprint density at radius 3 is 0.955 bits per heavy atom. The van der Waals surface area contributed by atoms with Crippen LogP contribution < -0.4 is 14.2 Å². The number of aliphatic hydroxyl groups is 6. The Labute approximate surface area is 536 Å². The summed E-state index contributed by atoms with van der Waals surface area (Å²) < 4.78 is 20.7. The molecule has 14 nitrogen and oxygen atoms in total. The molecule has 89 heavy (non-hydrogen) atoms. The maximum absolute atomic E-state index is 12.2. The second-order valence-corrected chi connectivity index (χ2v) is 25.7. The number of fused-ring (bicyclic) bond motifs is 9. The summed E-state index contributed by atoms with van der Waals surface area (Å²) in [5, 5.41) is 87.2. The third-order valence-corrected chi connectivity index (χ3v) is 20.4. The van der Waals surface area contributed by atoms with Crippen molar-refractivity contribution in [1.82, 2.24) is 15.0 Å². The number of aromatic nitrogens is 3. The molecule has 9 aromatic rings. The third-order valence-electron chi connectivity index (χ3n) is 19.3. The molecule has 18 heteroatoms. The van der Waals surface area contributed by atoms with Gasteiger partial charge in [0.2, 0.25) is 0 Å². The molecule has 0 radical (unpaired) electrons. The van der Waals surface area contributed by atoms with Gasteiger partial charge >= 0.3 is 0 Å². The van der Waals surface area contributed by atoms with Crippen molar-refractivity contribution in [3.63, 3.8) is 0 Å². The molecule has 3 aliphatic carbocycles. The third kappa shape index (κ3) is 9.03. The summed E-state index contributed by atoms with van der Waals surface area (Å²) in [6.45, 7) is -0.610. The van der Waals surface area contributed by atoms with Gasteiger partial charge < -0.3 is 44.8 Å². The van der Waals surface area contributed by atoms with Crippen LogP contribution in [0.1, 0.15) is 98.6 Å². The highest BCUT2D eigenvalue weighted by Gasteiger charge is 2.76. The number of benzene rings is 6. The fourth-order valence-corrected chi connectivity index (χ4v) is 16.2. The number of nitriles is 2. The largest absolute Gasteiger partial charge is 0.476 e. The predicted octanol–water partition coefficient (Wildman–Crippen LogP) is 12.5. The molecule has 0 spiro atoms. The molecule has 448 valence electrons. The maximum Gasteiger partial charge on any atom is 0.175 e. The van der Waals surface area contributed by atoms with Gasteiger partial charge in [-0.05, 0) is 89.0 Å². The van der Waals surface area contributed by atoms with E-state index in [1.807, 2.05) is 140 Å². The van der Waals surface area contributed by atoms with Gasteiger partial charge in [-0.1, -0.05) is 178 Å². The summed E-state index contributed by atoms with van der Waals surface area (Å²) in [7, 11) is 0. The van der Waals surface area contributed by atoms with Crippen molar-refractivity contribution in [3.05, 3.63) is 282 Å². The van der Waals surface area contributed by atoms with Crippen molar-refractivity contribution in [3.8, 4) is 29.4 Å². The van der Waals surface area contributed by atoms with E-state index in [1.165, 1.54) is 18.6 Å². The molecule has 12 atom stereocenters. The molecule has 3 aliphatic heterocycles. The molecule has 6 heterocycles. The molecular formula is C71H57BrCl3N5O9. The zero-order valence-corrected chi connectivity index (χ0v) is 51.3. The summed E-state index contributed by atoms with van der Waals surface area (Å²) in [4.78, 5) is 13.3. The zero-order valence-electron chi connectivity index (χ0n) is 47.4. The molecule has 0 amide bonds. The Morgan fingerprint density at radius 1 is 0.427 bits per heavy atom. The van der Waals surface area contributed by atoms with Gasteiger partial charge in [-0.2, -0.15) is 10.5 Å². The van der Waals surface area contributed by atoms with E-state index in [0.29, 0.717) is 79.8 Å². The number of pyridine rings is 3. The summed E-state index contributed by atoms with van der Waals surface area (Å²) in [5.41, 5.74) is -0.602. The Balaban J connectivity index is 0.000000123. The highest BCUT2D eigenvalue weighted by Crippen LogP contribution is 2.71. The van der Waals surface area contributed by atoms with Crippen LogP contribution in [0.4, 0.5) is 0 Å². The lowest BCUT2D eigenvalue weighted by Gasteiger charge is -2.41.